The van der Waals surface area contributed by atoms with Gasteiger partial charge in [-0.15, -0.1) is 0 Å². The van der Waals surface area contributed by atoms with E-state index in [-0.39, 0.29) is 26.4 Å². The quantitative estimate of drug-likeness (QED) is 0.185. The first-order valence-corrected chi connectivity index (χ1v) is 15.0. The third-order valence-corrected chi connectivity index (χ3v) is 7.69. The van der Waals surface area contributed by atoms with Crippen LogP contribution in [0.4, 0.5) is 17.6 Å². The summed E-state index contributed by atoms with van der Waals surface area (Å²) in [5, 5.41) is 0. The fourth-order valence-corrected chi connectivity index (χ4v) is 5.42. The summed E-state index contributed by atoms with van der Waals surface area (Å²) in [5.74, 6) is -4.75. The minimum atomic E-state index is -5.59. The summed E-state index contributed by atoms with van der Waals surface area (Å²) < 4.78 is 80.0. The molecule has 0 unspecified atom stereocenters. The molecule has 0 N–H and O–H groups in total. The highest BCUT2D eigenvalue weighted by molar-refractivity contribution is 5.84. The summed E-state index contributed by atoms with van der Waals surface area (Å²) in [5.41, 5.74) is -2.18. The molecule has 0 amide bonds. The molecule has 0 radical (unpaired) electrons. The molecule has 3 aliphatic heterocycles. The fourth-order valence-electron chi connectivity index (χ4n) is 5.42. The lowest BCUT2D eigenvalue weighted by Gasteiger charge is -2.27. The molecule has 0 bridgehead atoms. The van der Waals surface area contributed by atoms with Crippen molar-refractivity contribution in [3.05, 3.63) is 141 Å². The van der Waals surface area contributed by atoms with Gasteiger partial charge in [-0.05, 0) is 16.7 Å². The van der Waals surface area contributed by atoms with Gasteiger partial charge in [0.1, 0.15) is 18.3 Å². The Morgan fingerprint density at radius 3 is 1.86 bits per heavy atom. The molecule has 0 aliphatic carbocycles. The van der Waals surface area contributed by atoms with E-state index in [4.69, 9.17) is 18.9 Å². The topological polar surface area (TPSA) is 124 Å². The van der Waals surface area contributed by atoms with Gasteiger partial charge in [0.25, 0.3) is 5.56 Å². The second-order valence-electron chi connectivity index (χ2n) is 11.1. The van der Waals surface area contributed by atoms with Crippen molar-refractivity contribution in [3.63, 3.8) is 0 Å². The number of rotatable bonds is 11. The Morgan fingerprint density at radius 2 is 1.31 bits per heavy atom. The van der Waals surface area contributed by atoms with E-state index < -0.39 is 69.9 Å². The first-order valence-electron chi connectivity index (χ1n) is 15.0. The van der Waals surface area contributed by atoms with Crippen LogP contribution in [0.15, 0.2) is 107 Å². The van der Waals surface area contributed by atoms with Crippen molar-refractivity contribution in [3.8, 4) is 11.5 Å². The number of nitrogens with zero attached hydrogens (tertiary/aromatic N) is 4. The fraction of sp³-hybridized carbons (Fsp3) is 0.265. The SMILES string of the molecule is O=C(n1c(=O)nc2n([C@@H]3O[C@H](COCc4ccccc4)[C@@H](OCc4ccccc4)[C@H]3OCc3ccccc3)cc(F)nc-2c1=O)C(F)(F)F. The van der Waals surface area contributed by atoms with E-state index in [1.54, 1.807) is 12.1 Å². The molecule has 11 nitrogen and oxygen atoms in total. The molecule has 0 spiro atoms. The van der Waals surface area contributed by atoms with Crippen molar-refractivity contribution in [2.75, 3.05) is 6.61 Å². The zero-order valence-corrected chi connectivity index (χ0v) is 25.5. The number of benzene rings is 3. The molecule has 254 valence electrons. The number of aromatic nitrogens is 4. The summed E-state index contributed by atoms with van der Waals surface area (Å²) in [6, 6.07) is 27.6. The van der Waals surface area contributed by atoms with Crippen LogP contribution in [0.3, 0.4) is 0 Å². The first-order chi connectivity index (χ1) is 23.6. The number of carbonyl (C=O) groups is 1. The van der Waals surface area contributed by atoms with Crippen LogP contribution in [0, 0.1) is 5.95 Å². The lowest BCUT2D eigenvalue weighted by molar-refractivity contribution is -0.0953. The van der Waals surface area contributed by atoms with Crippen LogP contribution in [0.25, 0.3) is 11.5 Å². The standard InChI is InChI=1S/C34H28F4N4O7/c35-25-16-41(29-26(39-25)30(43)42(33(45)40-29)32(44)34(36,37)38)31-28(48-19-23-14-8-3-9-15-23)27(47-18-22-12-6-2-7-13-22)24(49-31)20-46-17-21-10-4-1-5-11-21/h1-16,24,27-28,31H,17-20H2/t24-,27-,28-,31-/m1/s1. The van der Waals surface area contributed by atoms with Crippen molar-refractivity contribution in [1.29, 1.82) is 0 Å². The highest BCUT2D eigenvalue weighted by atomic mass is 19.4. The molecule has 3 aliphatic rings. The van der Waals surface area contributed by atoms with E-state index in [0.29, 0.717) is 0 Å². The molecule has 49 heavy (non-hydrogen) atoms. The molecule has 1 fully saturated rings. The van der Waals surface area contributed by atoms with Crippen LogP contribution in [0.2, 0.25) is 0 Å². The summed E-state index contributed by atoms with van der Waals surface area (Å²) in [4.78, 5) is 44.7. The number of alkyl halides is 3. The largest absolute Gasteiger partial charge is 0.472 e. The Morgan fingerprint density at radius 1 is 0.776 bits per heavy atom. The molecular weight excluding hydrogens is 652 g/mol. The molecule has 1 saturated heterocycles. The lowest BCUT2D eigenvalue weighted by atomic mass is 10.1. The van der Waals surface area contributed by atoms with Crippen molar-refractivity contribution in [2.24, 2.45) is 0 Å². The van der Waals surface area contributed by atoms with E-state index >= 15 is 4.39 Å². The van der Waals surface area contributed by atoms with Gasteiger partial charge < -0.3 is 18.9 Å². The molecule has 15 heteroatoms. The molecule has 3 aromatic rings. The lowest BCUT2D eigenvalue weighted by Crippen LogP contribution is -2.47. The summed E-state index contributed by atoms with van der Waals surface area (Å²) in [6.07, 6.45) is -9.05. The molecule has 6 rings (SSSR count). The van der Waals surface area contributed by atoms with E-state index in [2.05, 4.69) is 9.97 Å². The maximum Gasteiger partial charge on any atom is 0.472 e. The van der Waals surface area contributed by atoms with Gasteiger partial charge in [-0.3, -0.25) is 14.2 Å². The van der Waals surface area contributed by atoms with Gasteiger partial charge in [0.15, 0.2) is 17.7 Å². The Labute approximate surface area is 275 Å². The van der Waals surface area contributed by atoms with Gasteiger partial charge in [0, 0.05) is 0 Å². The van der Waals surface area contributed by atoms with Gasteiger partial charge in [0.05, 0.1) is 32.6 Å². The second-order valence-corrected chi connectivity index (χ2v) is 11.1. The highest BCUT2D eigenvalue weighted by Gasteiger charge is 2.49. The number of hydrogen-bond acceptors (Lipinski definition) is 9. The van der Waals surface area contributed by atoms with Gasteiger partial charge in [-0.25, -0.2) is 9.78 Å². The maximum atomic E-state index is 15.1. The Kier molecular flexibility index (Phi) is 10.1. The van der Waals surface area contributed by atoms with E-state index in [9.17, 15) is 27.6 Å². The summed E-state index contributed by atoms with van der Waals surface area (Å²) in [6.45, 7) is 0.286. The normalized spacial score (nSPS) is 19.3. The molecule has 4 atom stereocenters. The minimum Gasteiger partial charge on any atom is -0.374 e. The molecule has 0 saturated carbocycles. The van der Waals surface area contributed by atoms with Crippen molar-refractivity contribution < 1.29 is 41.3 Å². The molecular formula is C34H28F4N4O7. The smallest absolute Gasteiger partial charge is 0.374 e. The third kappa shape index (κ3) is 7.65. The minimum absolute atomic E-state index is 0.0212. The third-order valence-electron chi connectivity index (χ3n) is 7.69. The number of carbonyl (C=O) groups excluding carboxylic acids is 1. The van der Waals surface area contributed by atoms with E-state index in [1.165, 1.54) is 0 Å². The second kappa shape index (κ2) is 14.6. The first kappa shape index (κ1) is 33.8. The average molecular weight is 681 g/mol. The van der Waals surface area contributed by atoms with Gasteiger partial charge in [0.2, 0.25) is 5.95 Å². The van der Waals surface area contributed by atoms with E-state index in [1.807, 2.05) is 78.9 Å². The predicted octanol–water partition coefficient (Wildman–Crippen LogP) is 4.53. The number of halogens is 4. The average Bonchev–Trinajstić information content (AvgIpc) is 3.44. The Hall–Kier alpha value is -5.09. The summed E-state index contributed by atoms with van der Waals surface area (Å²) >= 11 is 0. The van der Waals surface area contributed by atoms with Crippen molar-refractivity contribution in [2.45, 2.75) is 50.5 Å². The molecule has 0 aromatic heterocycles. The monoisotopic (exact) mass is 680 g/mol. The zero-order chi connectivity index (χ0) is 34.5. The van der Waals surface area contributed by atoms with E-state index in [0.717, 1.165) is 27.5 Å². The highest BCUT2D eigenvalue weighted by Crippen LogP contribution is 2.37. The van der Waals surface area contributed by atoms with Gasteiger partial charge in [-0.1, -0.05) is 91.0 Å². The number of hydrogen-bond donors (Lipinski definition) is 0. The summed E-state index contributed by atoms with van der Waals surface area (Å²) in [7, 11) is 0. The Balaban J connectivity index is 1.41. The predicted molar refractivity (Wildman–Crippen MR) is 164 cm³/mol. The van der Waals surface area contributed by atoms with Crippen LogP contribution in [0.1, 0.15) is 27.7 Å². The molecule has 3 heterocycles. The van der Waals surface area contributed by atoms with Crippen LogP contribution >= 0.6 is 0 Å². The Bertz CT molecular complexity index is 1970. The van der Waals surface area contributed by atoms with Crippen molar-refractivity contribution >= 4 is 5.91 Å². The van der Waals surface area contributed by atoms with Crippen LogP contribution in [-0.4, -0.2) is 56.1 Å². The van der Waals surface area contributed by atoms with Crippen LogP contribution < -0.4 is 11.2 Å². The van der Waals surface area contributed by atoms with Gasteiger partial charge in [-0.2, -0.15) is 27.1 Å². The maximum absolute atomic E-state index is 15.1. The molecule has 3 aromatic carbocycles. The van der Waals surface area contributed by atoms with Crippen LogP contribution in [0.5, 0.6) is 0 Å². The number of fused-ring (bicyclic) bond motifs is 1. The number of ether oxygens (including phenoxy) is 4. The van der Waals surface area contributed by atoms with Crippen LogP contribution in [-0.2, 0) is 38.8 Å². The van der Waals surface area contributed by atoms with Gasteiger partial charge >= 0.3 is 17.8 Å². The zero-order valence-electron chi connectivity index (χ0n) is 25.5. The van der Waals surface area contributed by atoms with Crippen molar-refractivity contribution in [1.82, 2.24) is 19.1 Å².